The molecule has 3 nitrogen and oxygen atoms in total. The standard InChI is InChI=1S/C14H16BrNO2/c1-16-8-12-5-6-18-14(12)10-17-9-11-3-2-4-13(15)7-11/h2-7,16H,8-10H2,1H3. The van der Waals surface area contributed by atoms with E-state index < -0.39 is 0 Å². The van der Waals surface area contributed by atoms with E-state index >= 15 is 0 Å². The maximum absolute atomic E-state index is 5.66. The van der Waals surface area contributed by atoms with E-state index in [0.717, 1.165) is 27.9 Å². The molecule has 0 bridgehead atoms. The van der Waals surface area contributed by atoms with Gasteiger partial charge in [0.1, 0.15) is 12.4 Å². The van der Waals surface area contributed by atoms with Crippen molar-refractivity contribution in [2.24, 2.45) is 0 Å². The molecule has 0 saturated heterocycles. The number of nitrogens with one attached hydrogen (secondary N) is 1. The van der Waals surface area contributed by atoms with Gasteiger partial charge in [0.25, 0.3) is 0 Å². The van der Waals surface area contributed by atoms with Crippen LogP contribution in [0, 0.1) is 0 Å². The maximum atomic E-state index is 5.66. The lowest BCUT2D eigenvalue weighted by atomic mass is 10.2. The molecule has 1 heterocycles. The zero-order chi connectivity index (χ0) is 12.8. The summed E-state index contributed by atoms with van der Waals surface area (Å²) in [6, 6.07) is 10.1. The number of rotatable bonds is 6. The van der Waals surface area contributed by atoms with Crippen LogP contribution in [-0.2, 0) is 24.5 Å². The molecule has 0 fully saturated rings. The smallest absolute Gasteiger partial charge is 0.133 e. The Balaban J connectivity index is 1.86. The van der Waals surface area contributed by atoms with Crippen molar-refractivity contribution in [3.05, 3.63) is 58.0 Å². The summed E-state index contributed by atoms with van der Waals surface area (Å²) in [5.41, 5.74) is 2.29. The minimum atomic E-state index is 0.497. The van der Waals surface area contributed by atoms with Crippen LogP contribution in [0.25, 0.3) is 0 Å². The fourth-order valence-corrected chi connectivity index (χ4v) is 2.18. The molecule has 0 aliphatic carbocycles. The molecule has 1 aromatic heterocycles. The van der Waals surface area contributed by atoms with E-state index in [4.69, 9.17) is 9.15 Å². The van der Waals surface area contributed by atoms with E-state index in [1.165, 1.54) is 0 Å². The number of ether oxygens (including phenoxy) is 1. The van der Waals surface area contributed by atoms with Gasteiger partial charge in [0, 0.05) is 16.6 Å². The minimum absolute atomic E-state index is 0.497. The average molecular weight is 310 g/mol. The van der Waals surface area contributed by atoms with Crippen LogP contribution in [0.3, 0.4) is 0 Å². The molecule has 0 amide bonds. The third kappa shape index (κ3) is 3.70. The van der Waals surface area contributed by atoms with E-state index in [0.29, 0.717) is 13.2 Å². The van der Waals surface area contributed by atoms with Crippen LogP contribution in [0.1, 0.15) is 16.9 Å². The molecule has 0 radical (unpaired) electrons. The summed E-state index contributed by atoms with van der Waals surface area (Å²) in [4.78, 5) is 0. The second-order valence-corrected chi connectivity index (χ2v) is 4.94. The van der Waals surface area contributed by atoms with Crippen molar-refractivity contribution in [1.29, 1.82) is 0 Å². The molecule has 1 aromatic carbocycles. The van der Waals surface area contributed by atoms with Gasteiger partial charge in [-0.25, -0.2) is 0 Å². The first kappa shape index (κ1) is 13.3. The van der Waals surface area contributed by atoms with Crippen LogP contribution in [0.2, 0.25) is 0 Å². The van der Waals surface area contributed by atoms with Crippen LogP contribution < -0.4 is 5.32 Å². The van der Waals surface area contributed by atoms with Crippen molar-refractivity contribution in [3.8, 4) is 0 Å². The van der Waals surface area contributed by atoms with E-state index in [1.54, 1.807) is 6.26 Å². The summed E-state index contributed by atoms with van der Waals surface area (Å²) < 4.78 is 12.1. The quantitative estimate of drug-likeness (QED) is 0.887. The normalized spacial score (nSPS) is 10.8. The number of hydrogen-bond donors (Lipinski definition) is 1. The number of benzene rings is 1. The monoisotopic (exact) mass is 309 g/mol. The predicted molar refractivity (Wildman–Crippen MR) is 74.1 cm³/mol. The maximum Gasteiger partial charge on any atom is 0.133 e. The van der Waals surface area contributed by atoms with Gasteiger partial charge in [-0.05, 0) is 30.8 Å². The first-order chi connectivity index (χ1) is 8.79. The van der Waals surface area contributed by atoms with Crippen molar-refractivity contribution in [2.45, 2.75) is 19.8 Å². The van der Waals surface area contributed by atoms with E-state index in [2.05, 4.69) is 27.3 Å². The van der Waals surface area contributed by atoms with Crippen LogP contribution in [-0.4, -0.2) is 7.05 Å². The molecule has 4 heteroatoms. The third-order valence-electron chi connectivity index (χ3n) is 2.60. The Bertz CT molecular complexity index is 496. The second-order valence-electron chi connectivity index (χ2n) is 4.02. The summed E-state index contributed by atoms with van der Waals surface area (Å²) in [5, 5.41) is 3.10. The number of halogens is 1. The summed E-state index contributed by atoms with van der Waals surface area (Å²) >= 11 is 3.44. The Labute approximate surface area is 115 Å². The Morgan fingerprint density at radius 2 is 2.17 bits per heavy atom. The van der Waals surface area contributed by atoms with Crippen LogP contribution in [0.15, 0.2) is 45.5 Å². The highest BCUT2D eigenvalue weighted by Crippen LogP contribution is 2.15. The molecule has 0 atom stereocenters. The summed E-state index contributed by atoms with van der Waals surface area (Å²) in [6.07, 6.45) is 1.70. The van der Waals surface area contributed by atoms with Crippen molar-refractivity contribution in [2.75, 3.05) is 7.05 Å². The molecular weight excluding hydrogens is 294 g/mol. The summed E-state index contributed by atoms with van der Waals surface area (Å²) in [5.74, 6) is 0.888. The van der Waals surface area contributed by atoms with Gasteiger partial charge in [-0.3, -0.25) is 0 Å². The van der Waals surface area contributed by atoms with Crippen molar-refractivity contribution in [1.82, 2.24) is 5.32 Å². The Morgan fingerprint density at radius 3 is 2.94 bits per heavy atom. The molecule has 2 aromatic rings. The SMILES string of the molecule is CNCc1ccoc1COCc1cccc(Br)c1. The number of hydrogen-bond acceptors (Lipinski definition) is 3. The van der Waals surface area contributed by atoms with Gasteiger partial charge in [-0.2, -0.15) is 0 Å². The zero-order valence-electron chi connectivity index (χ0n) is 10.3. The van der Waals surface area contributed by atoms with Gasteiger partial charge >= 0.3 is 0 Å². The molecule has 0 aliphatic heterocycles. The lowest BCUT2D eigenvalue weighted by molar-refractivity contribution is 0.0921. The van der Waals surface area contributed by atoms with E-state index in [9.17, 15) is 0 Å². The van der Waals surface area contributed by atoms with Gasteiger partial charge in [0.15, 0.2) is 0 Å². The highest BCUT2D eigenvalue weighted by atomic mass is 79.9. The lowest BCUT2D eigenvalue weighted by Crippen LogP contribution is -2.06. The first-order valence-corrected chi connectivity index (χ1v) is 6.61. The van der Waals surface area contributed by atoms with E-state index in [-0.39, 0.29) is 0 Å². The first-order valence-electron chi connectivity index (χ1n) is 5.81. The molecule has 18 heavy (non-hydrogen) atoms. The van der Waals surface area contributed by atoms with Crippen LogP contribution in [0.4, 0.5) is 0 Å². The van der Waals surface area contributed by atoms with Crippen molar-refractivity contribution < 1.29 is 9.15 Å². The van der Waals surface area contributed by atoms with Crippen LogP contribution >= 0.6 is 15.9 Å². The van der Waals surface area contributed by atoms with Crippen molar-refractivity contribution in [3.63, 3.8) is 0 Å². The summed E-state index contributed by atoms with van der Waals surface area (Å²) in [7, 11) is 1.92. The fraction of sp³-hybridized carbons (Fsp3) is 0.286. The molecule has 1 N–H and O–H groups in total. The molecule has 0 spiro atoms. The largest absolute Gasteiger partial charge is 0.467 e. The minimum Gasteiger partial charge on any atom is -0.467 e. The van der Waals surface area contributed by atoms with Gasteiger partial charge in [-0.1, -0.05) is 28.1 Å². The fourth-order valence-electron chi connectivity index (χ4n) is 1.73. The van der Waals surface area contributed by atoms with Crippen LogP contribution in [0.5, 0.6) is 0 Å². The molecule has 96 valence electrons. The molecule has 0 unspecified atom stereocenters. The zero-order valence-corrected chi connectivity index (χ0v) is 11.9. The molecule has 2 rings (SSSR count). The molecular formula is C14H16BrNO2. The second kappa shape index (κ2) is 6.73. The van der Waals surface area contributed by atoms with Gasteiger partial charge in [-0.15, -0.1) is 0 Å². The predicted octanol–water partition coefficient (Wildman–Crippen LogP) is 3.48. The van der Waals surface area contributed by atoms with Gasteiger partial charge in [0.05, 0.1) is 12.9 Å². The Morgan fingerprint density at radius 1 is 1.28 bits per heavy atom. The van der Waals surface area contributed by atoms with Crippen molar-refractivity contribution >= 4 is 15.9 Å². The Hall–Kier alpha value is -1.10. The third-order valence-corrected chi connectivity index (χ3v) is 3.09. The Kier molecular flexibility index (Phi) is 4.99. The highest BCUT2D eigenvalue weighted by Gasteiger charge is 2.05. The topological polar surface area (TPSA) is 34.4 Å². The average Bonchev–Trinajstić information content (AvgIpc) is 2.78. The number of furan rings is 1. The highest BCUT2D eigenvalue weighted by molar-refractivity contribution is 9.10. The molecule has 0 saturated carbocycles. The van der Waals surface area contributed by atoms with E-state index in [1.807, 2.05) is 31.3 Å². The van der Waals surface area contributed by atoms with Gasteiger partial charge in [0.2, 0.25) is 0 Å². The summed E-state index contributed by atoms with van der Waals surface area (Å²) in [6.45, 7) is 1.88. The lowest BCUT2D eigenvalue weighted by Gasteiger charge is -2.05. The van der Waals surface area contributed by atoms with Gasteiger partial charge < -0.3 is 14.5 Å². The molecule has 0 aliphatic rings.